The summed E-state index contributed by atoms with van der Waals surface area (Å²) >= 11 is 0. The van der Waals surface area contributed by atoms with E-state index >= 15 is 0 Å². The molecular formula is C15H15N3O5. The van der Waals surface area contributed by atoms with Crippen molar-refractivity contribution in [3.63, 3.8) is 0 Å². The number of nitro groups is 1. The predicted octanol–water partition coefficient (Wildman–Crippen LogP) is 2.27. The van der Waals surface area contributed by atoms with E-state index in [2.05, 4.69) is 10.3 Å². The van der Waals surface area contributed by atoms with E-state index in [0.717, 1.165) is 6.20 Å². The van der Waals surface area contributed by atoms with Gasteiger partial charge in [-0.25, -0.2) is 9.78 Å². The molecule has 0 spiro atoms. The van der Waals surface area contributed by atoms with Crippen LogP contribution in [-0.4, -0.2) is 36.1 Å². The number of methoxy groups -OCH3 is 1. The summed E-state index contributed by atoms with van der Waals surface area (Å²) in [6.07, 6.45) is 1.16. The number of pyridine rings is 1. The lowest BCUT2D eigenvalue weighted by atomic mass is 10.2. The summed E-state index contributed by atoms with van der Waals surface area (Å²) in [7, 11) is 1.48. The van der Waals surface area contributed by atoms with E-state index in [1.807, 2.05) is 0 Å². The number of nitrogens with one attached hydrogen (secondary N) is 1. The lowest BCUT2D eigenvalue weighted by molar-refractivity contribution is -0.385. The van der Waals surface area contributed by atoms with Gasteiger partial charge in [0.2, 0.25) is 0 Å². The van der Waals surface area contributed by atoms with Crippen molar-refractivity contribution in [1.82, 2.24) is 4.98 Å². The second-order valence-electron chi connectivity index (χ2n) is 4.42. The molecule has 0 radical (unpaired) electrons. The quantitative estimate of drug-likeness (QED) is 0.361. The van der Waals surface area contributed by atoms with Crippen molar-refractivity contribution in [2.45, 2.75) is 0 Å². The summed E-state index contributed by atoms with van der Waals surface area (Å²) in [5.74, 6) is 0.423. The Hall–Kier alpha value is -3.16. The molecule has 0 bridgehead atoms. The summed E-state index contributed by atoms with van der Waals surface area (Å²) in [5, 5.41) is 13.4. The van der Waals surface area contributed by atoms with E-state index in [-0.39, 0.29) is 12.3 Å². The molecule has 0 atom stereocenters. The number of carbonyl (C=O) groups is 1. The van der Waals surface area contributed by atoms with Crippen LogP contribution in [0.2, 0.25) is 0 Å². The van der Waals surface area contributed by atoms with Gasteiger partial charge in [0.15, 0.2) is 0 Å². The van der Waals surface area contributed by atoms with Crippen molar-refractivity contribution in [2.75, 3.05) is 25.6 Å². The van der Waals surface area contributed by atoms with Gasteiger partial charge in [-0.2, -0.15) is 0 Å². The second-order valence-corrected chi connectivity index (χ2v) is 4.42. The maximum atomic E-state index is 11.9. The van der Waals surface area contributed by atoms with Crippen LogP contribution < -0.4 is 10.1 Å². The Kier molecular flexibility index (Phi) is 5.45. The number of aromatic nitrogens is 1. The zero-order valence-electron chi connectivity index (χ0n) is 12.4. The van der Waals surface area contributed by atoms with Crippen molar-refractivity contribution in [2.24, 2.45) is 0 Å². The number of carbonyl (C=O) groups excluding carboxylic acids is 1. The van der Waals surface area contributed by atoms with Crippen LogP contribution >= 0.6 is 0 Å². The van der Waals surface area contributed by atoms with Crippen molar-refractivity contribution >= 4 is 17.5 Å². The Labute approximate surface area is 132 Å². The van der Waals surface area contributed by atoms with Gasteiger partial charge in [-0.15, -0.1) is 0 Å². The number of hydrogen-bond acceptors (Lipinski definition) is 7. The normalized spacial score (nSPS) is 9.96. The highest BCUT2D eigenvalue weighted by Gasteiger charge is 2.12. The summed E-state index contributed by atoms with van der Waals surface area (Å²) in [6, 6.07) is 9.61. The molecule has 120 valence electrons. The lowest BCUT2D eigenvalue weighted by Gasteiger charge is -2.09. The molecule has 23 heavy (non-hydrogen) atoms. The molecule has 1 heterocycles. The molecule has 0 saturated carbocycles. The van der Waals surface area contributed by atoms with Crippen LogP contribution in [0.25, 0.3) is 0 Å². The molecule has 0 saturated heterocycles. The molecule has 1 N–H and O–H groups in total. The Balaban J connectivity index is 1.81. The van der Waals surface area contributed by atoms with Gasteiger partial charge in [0.1, 0.15) is 29.9 Å². The number of para-hydroxylation sites is 1. The average Bonchev–Trinajstić information content (AvgIpc) is 2.58. The fraction of sp³-hybridized carbons (Fsp3) is 0.200. The smallest absolute Gasteiger partial charge is 0.341 e. The van der Waals surface area contributed by atoms with Crippen LogP contribution in [0.1, 0.15) is 10.4 Å². The van der Waals surface area contributed by atoms with E-state index < -0.39 is 10.9 Å². The molecule has 1 aromatic carbocycles. The molecule has 2 rings (SSSR count). The Morgan fingerprint density at radius 3 is 2.74 bits per heavy atom. The molecule has 8 heteroatoms. The third kappa shape index (κ3) is 4.40. The number of esters is 1. The predicted molar refractivity (Wildman–Crippen MR) is 82.7 cm³/mol. The van der Waals surface area contributed by atoms with Gasteiger partial charge >= 0.3 is 5.97 Å². The summed E-state index contributed by atoms with van der Waals surface area (Å²) < 4.78 is 10.2. The van der Waals surface area contributed by atoms with Gasteiger partial charge in [-0.1, -0.05) is 12.1 Å². The molecule has 2 aromatic rings. The Morgan fingerprint density at radius 2 is 2.09 bits per heavy atom. The fourth-order valence-corrected chi connectivity index (χ4v) is 1.81. The summed E-state index contributed by atoms with van der Waals surface area (Å²) in [6.45, 7) is 0.446. The van der Waals surface area contributed by atoms with Gasteiger partial charge in [-0.3, -0.25) is 10.1 Å². The molecule has 8 nitrogen and oxygen atoms in total. The lowest BCUT2D eigenvalue weighted by Crippen LogP contribution is -2.15. The van der Waals surface area contributed by atoms with E-state index in [4.69, 9.17) is 9.47 Å². The number of nitrogens with zero attached hydrogens (tertiary/aromatic N) is 2. The highest BCUT2D eigenvalue weighted by Crippen LogP contribution is 2.18. The van der Waals surface area contributed by atoms with Crippen LogP contribution in [0.4, 0.5) is 11.5 Å². The van der Waals surface area contributed by atoms with E-state index in [1.165, 1.54) is 19.2 Å². The van der Waals surface area contributed by atoms with Crippen LogP contribution in [0.15, 0.2) is 42.6 Å². The maximum Gasteiger partial charge on any atom is 0.341 e. The average molecular weight is 317 g/mol. The molecule has 1 aromatic heterocycles. The zero-order valence-corrected chi connectivity index (χ0v) is 12.4. The Morgan fingerprint density at radius 1 is 1.30 bits per heavy atom. The van der Waals surface area contributed by atoms with Gasteiger partial charge < -0.3 is 14.8 Å². The van der Waals surface area contributed by atoms with E-state index in [1.54, 1.807) is 24.3 Å². The van der Waals surface area contributed by atoms with Crippen LogP contribution in [0, 0.1) is 10.1 Å². The number of benzene rings is 1. The van der Waals surface area contributed by atoms with Gasteiger partial charge in [0, 0.05) is 6.07 Å². The maximum absolute atomic E-state index is 11.9. The highest BCUT2D eigenvalue weighted by molar-refractivity contribution is 5.92. The number of anilines is 1. The first-order valence-corrected chi connectivity index (χ1v) is 6.76. The molecular weight excluding hydrogens is 302 g/mol. The first-order chi connectivity index (χ1) is 11.1. The van der Waals surface area contributed by atoms with Crippen molar-refractivity contribution in [3.8, 4) is 5.75 Å². The van der Waals surface area contributed by atoms with Gasteiger partial charge in [0.05, 0.1) is 18.6 Å². The minimum Gasteiger partial charge on any atom is -0.496 e. The van der Waals surface area contributed by atoms with Crippen LogP contribution in [-0.2, 0) is 4.74 Å². The van der Waals surface area contributed by atoms with E-state index in [9.17, 15) is 14.9 Å². The highest BCUT2D eigenvalue weighted by atomic mass is 16.6. The number of rotatable bonds is 7. The molecule has 0 amide bonds. The monoisotopic (exact) mass is 317 g/mol. The van der Waals surface area contributed by atoms with Crippen LogP contribution in [0.5, 0.6) is 5.75 Å². The fourth-order valence-electron chi connectivity index (χ4n) is 1.81. The SMILES string of the molecule is COc1ccccc1C(=O)OCCNc1ccc([N+](=O)[O-])cn1. The second kappa shape index (κ2) is 7.74. The number of hydrogen-bond donors (Lipinski definition) is 1. The van der Waals surface area contributed by atoms with Gasteiger partial charge in [0.25, 0.3) is 5.69 Å². The molecule has 0 aliphatic heterocycles. The molecule has 0 unspecified atom stereocenters. The molecule has 0 aliphatic carbocycles. The first kappa shape index (κ1) is 16.2. The van der Waals surface area contributed by atoms with Crippen molar-refractivity contribution in [1.29, 1.82) is 0 Å². The number of ether oxygens (including phenoxy) is 2. The molecule has 0 aliphatic rings. The van der Waals surface area contributed by atoms with Crippen LogP contribution in [0.3, 0.4) is 0 Å². The Bertz CT molecular complexity index is 688. The summed E-state index contributed by atoms with van der Waals surface area (Å²) in [5.41, 5.74) is 0.265. The third-order valence-electron chi connectivity index (χ3n) is 2.93. The van der Waals surface area contributed by atoms with Crippen molar-refractivity contribution < 1.29 is 19.2 Å². The topological polar surface area (TPSA) is 104 Å². The first-order valence-electron chi connectivity index (χ1n) is 6.76. The minimum atomic E-state index is -0.522. The minimum absolute atomic E-state index is 0.0850. The zero-order chi connectivity index (χ0) is 16.7. The van der Waals surface area contributed by atoms with Crippen molar-refractivity contribution in [3.05, 3.63) is 58.3 Å². The summed E-state index contributed by atoms with van der Waals surface area (Å²) in [4.78, 5) is 25.8. The van der Waals surface area contributed by atoms with E-state index in [0.29, 0.717) is 23.7 Å². The standard InChI is InChI=1S/C15H15N3O5/c1-22-13-5-3-2-4-12(13)15(19)23-9-8-16-14-7-6-11(10-17-14)18(20)21/h2-7,10H,8-9H2,1H3,(H,16,17). The molecule has 0 fully saturated rings. The largest absolute Gasteiger partial charge is 0.496 e. The third-order valence-corrected chi connectivity index (χ3v) is 2.93. The van der Waals surface area contributed by atoms with Gasteiger partial charge in [-0.05, 0) is 18.2 Å².